The predicted octanol–water partition coefficient (Wildman–Crippen LogP) is 2.72. The van der Waals surface area contributed by atoms with E-state index in [0.29, 0.717) is 23.1 Å². The monoisotopic (exact) mass is 372 g/mol. The Labute approximate surface area is 154 Å². The molecular formula is C17H26Cl2N4O. The van der Waals surface area contributed by atoms with Gasteiger partial charge >= 0.3 is 0 Å². The Kier molecular flexibility index (Phi) is 7.62. The molecule has 0 aromatic heterocycles. The van der Waals surface area contributed by atoms with Crippen molar-refractivity contribution in [1.29, 1.82) is 0 Å². The van der Waals surface area contributed by atoms with Gasteiger partial charge in [0.05, 0.1) is 29.3 Å². The summed E-state index contributed by atoms with van der Waals surface area (Å²) >= 11 is 12.1. The Morgan fingerprint density at radius 1 is 1.42 bits per heavy atom. The molecule has 7 heteroatoms. The highest BCUT2D eigenvalue weighted by molar-refractivity contribution is 6.42. The molecule has 1 saturated heterocycles. The summed E-state index contributed by atoms with van der Waals surface area (Å²) in [6.07, 6.45) is 0.149. The Morgan fingerprint density at radius 2 is 2.21 bits per heavy atom. The van der Waals surface area contributed by atoms with Crippen LogP contribution < -0.4 is 5.32 Å². The summed E-state index contributed by atoms with van der Waals surface area (Å²) in [5.74, 6) is 0.861. The Morgan fingerprint density at radius 3 is 2.88 bits per heavy atom. The van der Waals surface area contributed by atoms with E-state index < -0.39 is 0 Å². The van der Waals surface area contributed by atoms with E-state index in [2.05, 4.69) is 29.1 Å². The maximum atomic E-state index is 6.10. The third-order valence-corrected chi connectivity index (χ3v) is 4.63. The lowest BCUT2D eigenvalue weighted by molar-refractivity contribution is -0.0137. The summed E-state index contributed by atoms with van der Waals surface area (Å²) in [6.45, 7) is 6.90. The first-order valence-corrected chi connectivity index (χ1v) is 8.98. The number of ether oxygens (including phenoxy) is 1. The number of hydrogen-bond acceptors (Lipinski definition) is 3. The second-order valence-electron chi connectivity index (χ2n) is 6.05. The number of hydrogen-bond donors (Lipinski definition) is 1. The van der Waals surface area contributed by atoms with Gasteiger partial charge in [-0.25, -0.2) is 0 Å². The fourth-order valence-corrected chi connectivity index (χ4v) is 2.94. The second kappa shape index (κ2) is 9.47. The van der Waals surface area contributed by atoms with Gasteiger partial charge in [-0.2, -0.15) is 0 Å². The zero-order valence-corrected chi connectivity index (χ0v) is 16.1. The topological polar surface area (TPSA) is 40.1 Å². The number of rotatable bonds is 5. The normalized spacial score (nSPS) is 19.4. The lowest BCUT2D eigenvalue weighted by Gasteiger charge is -2.29. The molecule has 24 heavy (non-hydrogen) atoms. The average molecular weight is 373 g/mol. The van der Waals surface area contributed by atoms with Gasteiger partial charge < -0.3 is 19.9 Å². The lowest BCUT2D eigenvalue weighted by Crippen LogP contribution is -2.43. The molecule has 1 fully saturated rings. The standard InChI is InChI=1S/C17H26Cl2N4O/c1-4-20-17(21-10-14-12-22(2)7-8-24-14)23(3)11-13-5-6-15(18)16(19)9-13/h5-6,9,14H,4,7-8,10-12H2,1-3H3,(H,20,21). The zero-order chi connectivity index (χ0) is 17.5. The molecule has 1 aromatic rings. The molecule has 1 heterocycles. The van der Waals surface area contributed by atoms with E-state index in [9.17, 15) is 0 Å². The number of benzene rings is 1. The van der Waals surface area contributed by atoms with Crippen LogP contribution in [0.2, 0.25) is 10.0 Å². The van der Waals surface area contributed by atoms with Crippen molar-refractivity contribution < 1.29 is 4.74 Å². The van der Waals surface area contributed by atoms with Gasteiger partial charge in [-0.15, -0.1) is 0 Å². The van der Waals surface area contributed by atoms with Crippen molar-refractivity contribution in [2.24, 2.45) is 4.99 Å². The average Bonchev–Trinajstić information content (AvgIpc) is 2.55. The maximum Gasteiger partial charge on any atom is 0.194 e. The summed E-state index contributed by atoms with van der Waals surface area (Å²) in [5.41, 5.74) is 1.09. The number of halogens is 2. The number of likely N-dealkylation sites (N-methyl/N-ethyl adjacent to an activating group) is 1. The van der Waals surface area contributed by atoms with Gasteiger partial charge in [-0.3, -0.25) is 4.99 Å². The fourth-order valence-electron chi connectivity index (χ4n) is 2.62. The summed E-state index contributed by atoms with van der Waals surface area (Å²) in [5, 5.41) is 4.47. The molecule has 1 aromatic carbocycles. The quantitative estimate of drug-likeness (QED) is 0.637. The zero-order valence-electron chi connectivity index (χ0n) is 14.6. The SMILES string of the molecule is CCNC(=NCC1CN(C)CCO1)N(C)Cc1ccc(Cl)c(Cl)c1. The predicted molar refractivity (Wildman–Crippen MR) is 101 cm³/mol. The highest BCUT2D eigenvalue weighted by atomic mass is 35.5. The van der Waals surface area contributed by atoms with Gasteiger partial charge in [0.2, 0.25) is 0 Å². The first-order valence-electron chi connectivity index (χ1n) is 8.23. The van der Waals surface area contributed by atoms with Gasteiger partial charge in [-0.05, 0) is 31.7 Å². The lowest BCUT2D eigenvalue weighted by atomic mass is 10.2. The molecule has 0 spiro atoms. The molecule has 1 aliphatic rings. The van der Waals surface area contributed by atoms with Gasteiger partial charge in [0, 0.05) is 33.2 Å². The van der Waals surface area contributed by atoms with Crippen LogP contribution in [0.15, 0.2) is 23.2 Å². The summed E-state index contributed by atoms with van der Waals surface area (Å²) in [7, 11) is 4.12. The number of aliphatic imine (C=N–C) groups is 1. The summed E-state index contributed by atoms with van der Waals surface area (Å²) < 4.78 is 5.78. The molecule has 1 N–H and O–H groups in total. The van der Waals surface area contributed by atoms with Crippen molar-refractivity contribution in [3.63, 3.8) is 0 Å². The van der Waals surface area contributed by atoms with E-state index in [1.54, 1.807) is 0 Å². The van der Waals surface area contributed by atoms with Gasteiger partial charge in [-0.1, -0.05) is 29.3 Å². The molecule has 5 nitrogen and oxygen atoms in total. The van der Waals surface area contributed by atoms with E-state index in [0.717, 1.165) is 37.8 Å². The smallest absolute Gasteiger partial charge is 0.194 e. The minimum Gasteiger partial charge on any atom is -0.374 e. The van der Waals surface area contributed by atoms with Gasteiger partial charge in [0.25, 0.3) is 0 Å². The van der Waals surface area contributed by atoms with E-state index >= 15 is 0 Å². The van der Waals surface area contributed by atoms with Crippen molar-refractivity contribution in [3.05, 3.63) is 33.8 Å². The molecule has 0 radical (unpaired) electrons. The fraction of sp³-hybridized carbons (Fsp3) is 0.588. The van der Waals surface area contributed by atoms with Gasteiger partial charge in [0.1, 0.15) is 0 Å². The van der Waals surface area contributed by atoms with Crippen LogP contribution >= 0.6 is 23.2 Å². The molecule has 0 bridgehead atoms. The third kappa shape index (κ3) is 5.81. The molecule has 1 unspecified atom stereocenters. The van der Waals surface area contributed by atoms with Gasteiger partial charge in [0.15, 0.2) is 5.96 Å². The van der Waals surface area contributed by atoms with Crippen LogP contribution in [0, 0.1) is 0 Å². The van der Waals surface area contributed by atoms with Crippen LogP contribution in [-0.2, 0) is 11.3 Å². The molecule has 1 aliphatic heterocycles. The Balaban J connectivity index is 1.99. The maximum absolute atomic E-state index is 6.10. The van der Waals surface area contributed by atoms with Crippen molar-refractivity contribution in [2.45, 2.75) is 19.6 Å². The van der Waals surface area contributed by atoms with E-state index in [4.69, 9.17) is 32.9 Å². The van der Waals surface area contributed by atoms with Crippen LogP contribution in [0.5, 0.6) is 0 Å². The van der Waals surface area contributed by atoms with Crippen molar-refractivity contribution in [3.8, 4) is 0 Å². The molecular weight excluding hydrogens is 347 g/mol. The van der Waals surface area contributed by atoms with Crippen LogP contribution in [0.4, 0.5) is 0 Å². The molecule has 0 aliphatic carbocycles. The minimum atomic E-state index is 0.149. The van der Waals surface area contributed by atoms with Crippen LogP contribution in [0.1, 0.15) is 12.5 Å². The Hall–Kier alpha value is -1.01. The molecule has 0 saturated carbocycles. The minimum absolute atomic E-state index is 0.149. The third-order valence-electron chi connectivity index (χ3n) is 3.89. The second-order valence-corrected chi connectivity index (χ2v) is 6.87. The highest BCUT2D eigenvalue weighted by Crippen LogP contribution is 2.23. The number of nitrogens with zero attached hydrogens (tertiary/aromatic N) is 3. The molecule has 0 amide bonds. The van der Waals surface area contributed by atoms with E-state index in [1.165, 1.54) is 0 Å². The largest absolute Gasteiger partial charge is 0.374 e. The molecule has 1 atom stereocenters. The number of guanidine groups is 1. The summed E-state index contributed by atoms with van der Waals surface area (Å²) in [6, 6.07) is 5.69. The van der Waals surface area contributed by atoms with Crippen molar-refractivity contribution in [1.82, 2.24) is 15.1 Å². The van der Waals surface area contributed by atoms with Crippen molar-refractivity contribution in [2.75, 3.05) is 46.9 Å². The Bertz CT molecular complexity index is 568. The molecule has 2 rings (SSSR count). The first kappa shape index (κ1) is 19.3. The van der Waals surface area contributed by atoms with Crippen molar-refractivity contribution >= 4 is 29.2 Å². The first-order chi connectivity index (χ1) is 11.5. The molecule has 134 valence electrons. The number of nitrogens with one attached hydrogen (secondary N) is 1. The van der Waals surface area contributed by atoms with Crippen LogP contribution in [-0.4, -0.2) is 68.7 Å². The van der Waals surface area contributed by atoms with E-state index in [-0.39, 0.29) is 6.10 Å². The van der Waals surface area contributed by atoms with Crippen LogP contribution in [0.3, 0.4) is 0 Å². The highest BCUT2D eigenvalue weighted by Gasteiger charge is 2.18. The van der Waals surface area contributed by atoms with E-state index in [1.807, 2.05) is 25.2 Å². The number of morpholine rings is 1. The van der Waals surface area contributed by atoms with Crippen LogP contribution in [0.25, 0.3) is 0 Å². The summed E-state index contributed by atoms with van der Waals surface area (Å²) in [4.78, 5) is 9.08.